The van der Waals surface area contributed by atoms with Gasteiger partial charge >= 0.3 is 5.97 Å². The van der Waals surface area contributed by atoms with Gasteiger partial charge in [-0.2, -0.15) is 0 Å². The van der Waals surface area contributed by atoms with E-state index in [1.54, 1.807) is 0 Å². The summed E-state index contributed by atoms with van der Waals surface area (Å²) in [4.78, 5) is 11.2. The Labute approximate surface area is 68.5 Å². The topological polar surface area (TPSA) is 37.3 Å². The van der Waals surface area contributed by atoms with Crippen LogP contribution in [0.3, 0.4) is 0 Å². The smallest absolute Gasteiger partial charge is 0.346 e. The van der Waals surface area contributed by atoms with E-state index in [-0.39, 0.29) is 0 Å². The third kappa shape index (κ3) is 1.16. The molecule has 1 heterocycles. The van der Waals surface area contributed by atoms with Crippen molar-refractivity contribution in [2.75, 3.05) is 0 Å². The molecule has 11 heavy (non-hydrogen) atoms. The van der Waals surface area contributed by atoms with Crippen LogP contribution in [0.5, 0.6) is 0 Å². The maximum atomic E-state index is 10.6. The highest BCUT2D eigenvalue weighted by Gasteiger charge is 2.28. The van der Waals surface area contributed by atoms with Crippen molar-refractivity contribution in [3.05, 3.63) is 21.9 Å². The van der Waals surface area contributed by atoms with E-state index in [0.717, 1.165) is 18.4 Å². The van der Waals surface area contributed by atoms with Crippen molar-refractivity contribution < 1.29 is 9.90 Å². The van der Waals surface area contributed by atoms with Gasteiger partial charge in [-0.15, -0.1) is 11.3 Å². The number of hydrogen-bond acceptors (Lipinski definition) is 2. The van der Waals surface area contributed by atoms with Crippen molar-refractivity contribution in [1.82, 2.24) is 0 Å². The van der Waals surface area contributed by atoms with E-state index in [9.17, 15) is 4.79 Å². The maximum Gasteiger partial charge on any atom is 0.346 e. The summed E-state index contributed by atoms with van der Waals surface area (Å²) in [6.45, 7) is 0. The van der Waals surface area contributed by atoms with Crippen molar-refractivity contribution in [2.24, 2.45) is 0 Å². The average molecular weight is 168 g/mol. The van der Waals surface area contributed by atoms with Crippen LogP contribution in [0.4, 0.5) is 0 Å². The molecule has 0 amide bonds. The van der Waals surface area contributed by atoms with Gasteiger partial charge in [0, 0.05) is 0 Å². The fourth-order valence-corrected chi connectivity index (χ4v) is 2.03. The number of rotatable bonds is 2. The maximum absolute atomic E-state index is 10.6. The summed E-state index contributed by atoms with van der Waals surface area (Å²) in [6.07, 6.45) is 2.33. The Balaban J connectivity index is 2.37. The minimum absolute atomic E-state index is 0.535. The molecule has 3 heteroatoms. The van der Waals surface area contributed by atoms with E-state index >= 15 is 0 Å². The molecular weight excluding hydrogens is 160 g/mol. The van der Waals surface area contributed by atoms with E-state index in [1.165, 1.54) is 11.3 Å². The van der Waals surface area contributed by atoms with Gasteiger partial charge in [-0.1, -0.05) is 0 Å². The molecule has 0 bridgehead atoms. The zero-order chi connectivity index (χ0) is 7.84. The van der Waals surface area contributed by atoms with Gasteiger partial charge in [0.05, 0.1) is 0 Å². The van der Waals surface area contributed by atoms with Gasteiger partial charge < -0.3 is 5.11 Å². The van der Waals surface area contributed by atoms with Gasteiger partial charge in [0.15, 0.2) is 0 Å². The number of carboxylic acid groups (broad SMARTS) is 1. The Morgan fingerprint density at radius 3 is 2.91 bits per heavy atom. The largest absolute Gasteiger partial charge is 0.477 e. The summed E-state index contributed by atoms with van der Waals surface area (Å²) in [5, 5.41) is 10.6. The molecule has 1 fully saturated rings. The highest BCUT2D eigenvalue weighted by Crippen LogP contribution is 2.43. The molecule has 2 rings (SSSR count). The number of thiophene rings is 1. The lowest BCUT2D eigenvalue weighted by atomic mass is 10.2. The van der Waals surface area contributed by atoms with Crippen molar-refractivity contribution in [2.45, 2.75) is 18.8 Å². The Bertz CT molecular complexity index is 286. The monoisotopic (exact) mass is 168 g/mol. The predicted molar refractivity (Wildman–Crippen MR) is 43.3 cm³/mol. The summed E-state index contributed by atoms with van der Waals surface area (Å²) in [7, 11) is 0. The van der Waals surface area contributed by atoms with Crippen LogP contribution < -0.4 is 0 Å². The van der Waals surface area contributed by atoms with Crippen LogP contribution in [0.25, 0.3) is 0 Å². The molecule has 0 aliphatic heterocycles. The molecule has 58 valence electrons. The van der Waals surface area contributed by atoms with Crippen molar-refractivity contribution in [1.29, 1.82) is 0 Å². The Hall–Kier alpha value is -0.830. The molecule has 1 aliphatic carbocycles. The van der Waals surface area contributed by atoms with Crippen molar-refractivity contribution in [3.8, 4) is 0 Å². The number of carboxylic acids is 1. The van der Waals surface area contributed by atoms with E-state index in [0.29, 0.717) is 10.8 Å². The third-order valence-corrected chi connectivity index (χ3v) is 2.83. The van der Waals surface area contributed by atoms with Crippen LogP contribution in [0.15, 0.2) is 11.4 Å². The van der Waals surface area contributed by atoms with E-state index in [1.807, 2.05) is 11.4 Å². The standard InChI is InChI=1S/C8H8O2S/c9-8(10)7-6(3-4-11-7)5-1-2-5/h3-5H,1-2H2,(H,9,10). The van der Waals surface area contributed by atoms with Crippen LogP contribution in [0.1, 0.15) is 34.0 Å². The van der Waals surface area contributed by atoms with Crippen molar-refractivity contribution in [3.63, 3.8) is 0 Å². The molecule has 0 aromatic carbocycles. The summed E-state index contributed by atoms with van der Waals surface area (Å²) in [5.41, 5.74) is 1.04. The lowest BCUT2D eigenvalue weighted by Crippen LogP contribution is -1.95. The lowest BCUT2D eigenvalue weighted by molar-refractivity contribution is 0.0701. The van der Waals surface area contributed by atoms with Crippen LogP contribution in [0.2, 0.25) is 0 Å². The van der Waals surface area contributed by atoms with Gasteiger partial charge in [-0.05, 0) is 35.8 Å². The normalized spacial score (nSPS) is 16.7. The van der Waals surface area contributed by atoms with E-state index in [2.05, 4.69) is 0 Å². The second-order valence-electron chi connectivity index (χ2n) is 2.78. The molecule has 1 aliphatic rings. The first-order valence-corrected chi connectivity index (χ1v) is 4.47. The van der Waals surface area contributed by atoms with Crippen LogP contribution in [0, 0.1) is 0 Å². The van der Waals surface area contributed by atoms with Crippen LogP contribution >= 0.6 is 11.3 Å². The Kier molecular flexibility index (Phi) is 1.46. The number of carbonyl (C=O) groups is 1. The highest BCUT2D eigenvalue weighted by atomic mass is 32.1. The molecule has 2 nitrogen and oxygen atoms in total. The fraction of sp³-hybridized carbons (Fsp3) is 0.375. The van der Waals surface area contributed by atoms with Crippen molar-refractivity contribution >= 4 is 17.3 Å². The summed E-state index contributed by atoms with van der Waals surface area (Å²) < 4.78 is 0. The van der Waals surface area contributed by atoms with E-state index < -0.39 is 5.97 Å². The molecule has 1 saturated carbocycles. The minimum Gasteiger partial charge on any atom is -0.477 e. The first kappa shape index (κ1) is 6.85. The summed E-state index contributed by atoms with van der Waals surface area (Å²) in [6, 6.07) is 1.94. The third-order valence-electron chi connectivity index (χ3n) is 1.91. The van der Waals surface area contributed by atoms with Gasteiger partial charge in [-0.25, -0.2) is 4.79 Å². The summed E-state index contributed by atoms with van der Waals surface area (Å²) >= 11 is 1.33. The fourth-order valence-electron chi connectivity index (χ4n) is 1.21. The molecule has 0 spiro atoms. The molecule has 1 aromatic heterocycles. The number of hydrogen-bond donors (Lipinski definition) is 1. The van der Waals surface area contributed by atoms with Crippen LogP contribution in [-0.4, -0.2) is 11.1 Å². The first-order valence-electron chi connectivity index (χ1n) is 3.59. The van der Waals surface area contributed by atoms with Gasteiger partial charge in [0.1, 0.15) is 4.88 Å². The highest BCUT2D eigenvalue weighted by molar-refractivity contribution is 7.12. The lowest BCUT2D eigenvalue weighted by Gasteiger charge is -1.93. The van der Waals surface area contributed by atoms with E-state index in [4.69, 9.17) is 5.11 Å². The van der Waals surface area contributed by atoms with Gasteiger partial charge in [-0.3, -0.25) is 0 Å². The Morgan fingerprint density at radius 1 is 1.64 bits per heavy atom. The first-order chi connectivity index (χ1) is 5.29. The van der Waals surface area contributed by atoms with Gasteiger partial charge in [0.25, 0.3) is 0 Å². The molecule has 1 aromatic rings. The zero-order valence-electron chi connectivity index (χ0n) is 5.91. The van der Waals surface area contributed by atoms with Gasteiger partial charge in [0.2, 0.25) is 0 Å². The average Bonchev–Trinajstić information content (AvgIpc) is 2.68. The second-order valence-corrected chi connectivity index (χ2v) is 3.70. The molecule has 1 N–H and O–H groups in total. The summed E-state index contributed by atoms with van der Waals surface area (Å²) in [5.74, 6) is -0.228. The predicted octanol–water partition coefficient (Wildman–Crippen LogP) is 2.32. The molecule has 0 atom stereocenters. The number of aromatic carboxylic acids is 1. The molecule has 0 radical (unpaired) electrons. The zero-order valence-corrected chi connectivity index (χ0v) is 6.73. The molecular formula is C8H8O2S. The SMILES string of the molecule is O=C(O)c1sccc1C1CC1. The Morgan fingerprint density at radius 2 is 2.36 bits per heavy atom. The second kappa shape index (κ2) is 2.34. The molecule has 0 saturated heterocycles. The van der Waals surface area contributed by atoms with Crippen LogP contribution in [-0.2, 0) is 0 Å². The quantitative estimate of drug-likeness (QED) is 0.735. The minimum atomic E-state index is -0.776. The molecule has 0 unspecified atom stereocenters.